The fourth-order valence-corrected chi connectivity index (χ4v) is 0.590. The van der Waals surface area contributed by atoms with Crippen LogP contribution in [0.4, 0.5) is 4.79 Å². The molecule has 0 heterocycles. The second-order valence-corrected chi connectivity index (χ2v) is 3.16. The van der Waals surface area contributed by atoms with Gasteiger partial charge in [-0.05, 0) is 13.8 Å². The quantitative estimate of drug-likeness (QED) is 0.632. The summed E-state index contributed by atoms with van der Waals surface area (Å²) in [5.74, 6) is -0.0677. The van der Waals surface area contributed by atoms with Crippen LogP contribution in [-0.4, -0.2) is 18.4 Å². The predicted molar refractivity (Wildman–Crippen MR) is 47.0 cm³/mol. The summed E-state index contributed by atoms with van der Waals surface area (Å²) >= 11 is 0. The number of carbonyl (C=O) groups excluding carboxylic acids is 1. The maximum atomic E-state index is 10.9. The molecule has 0 saturated carbocycles. The minimum absolute atomic E-state index is 0.0677. The van der Waals surface area contributed by atoms with Gasteiger partial charge in [0.2, 0.25) is 0 Å². The molecule has 0 aromatic rings. The van der Waals surface area contributed by atoms with E-state index in [1.807, 2.05) is 19.9 Å². The Kier molecular flexibility index (Phi) is 4.26. The third kappa shape index (κ3) is 3.32. The van der Waals surface area contributed by atoms with Gasteiger partial charge in [-0.1, -0.05) is 13.8 Å². The number of hydrogen-bond acceptors (Lipinski definition) is 4. The minimum Gasteiger partial charge on any atom is -0.435 e. The Hall–Kier alpha value is -1.24. The number of nitriles is 1. The molecule has 0 aliphatic rings. The lowest BCUT2D eigenvalue weighted by molar-refractivity contribution is -0.0171. The number of rotatable bonds is 3. The van der Waals surface area contributed by atoms with Crippen molar-refractivity contribution in [3.05, 3.63) is 0 Å². The van der Waals surface area contributed by atoms with E-state index in [1.165, 1.54) is 0 Å². The molecule has 0 amide bonds. The molecule has 0 rings (SSSR count). The third-order valence-electron chi connectivity index (χ3n) is 1.88. The Morgan fingerprint density at radius 1 is 1.62 bits per heavy atom. The molecule has 74 valence electrons. The maximum absolute atomic E-state index is 10.9. The van der Waals surface area contributed by atoms with Gasteiger partial charge in [0.1, 0.15) is 6.07 Å². The zero-order valence-electron chi connectivity index (χ0n) is 8.46. The molecule has 0 aliphatic heterocycles. The van der Waals surface area contributed by atoms with Crippen LogP contribution in [0.2, 0.25) is 0 Å². The first-order valence-corrected chi connectivity index (χ1v) is 4.23. The van der Waals surface area contributed by atoms with Gasteiger partial charge in [-0.15, -0.1) is 0 Å². The zero-order valence-corrected chi connectivity index (χ0v) is 8.46. The van der Waals surface area contributed by atoms with Gasteiger partial charge in [-0.2, -0.15) is 5.26 Å². The molecule has 0 aliphatic carbocycles. The first-order chi connectivity index (χ1) is 5.96. The summed E-state index contributed by atoms with van der Waals surface area (Å²) in [6.45, 7) is 7.11. The van der Waals surface area contributed by atoms with E-state index in [9.17, 15) is 4.79 Å². The van der Waals surface area contributed by atoms with Gasteiger partial charge in [-0.25, -0.2) is 4.79 Å². The summed E-state index contributed by atoms with van der Waals surface area (Å²) in [5.41, 5.74) is -1.10. The van der Waals surface area contributed by atoms with Crippen molar-refractivity contribution < 1.29 is 14.3 Å². The van der Waals surface area contributed by atoms with Crippen molar-refractivity contribution in [1.29, 1.82) is 5.26 Å². The molecule has 0 bridgehead atoms. The van der Waals surface area contributed by atoms with E-state index in [-0.39, 0.29) is 12.5 Å². The van der Waals surface area contributed by atoms with Gasteiger partial charge >= 0.3 is 6.16 Å². The van der Waals surface area contributed by atoms with Gasteiger partial charge in [0.25, 0.3) is 0 Å². The Balaban J connectivity index is 4.30. The lowest BCUT2D eigenvalue weighted by Gasteiger charge is -2.24. The number of hydrogen-bond donors (Lipinski definition) is 0. The second kappa shape index (κ2) is 4.70. The van der Waals surface area contributed by atoms with Gasteiger partial charge in [0.15, 0.2) is 5.60 Å². The van der Waals surface area contributed by atoms with Crippen LogP contribution in [0, 0.1) is 17.2 Å². The van der Waals surface area contributed by atoms with Gasteiger partial charge < -0.3 is 9.47 Å². The predicted octanol–water partition coefficient (Wildman–Crippen LogP) is 2.10. The van der Waals surface area contributed by atoms with E-state index < -0.39 is 11.8 Å². The van der Waals surface area contributed by atoms with Crippen LogP contribution in [0.3, 0.4) is 0 Å². The summed E-state index contributed by atoms with van der Waals surface area (Å²) in [6.07, 6.45) is -0.791. The number of nitrogens with zero attached hydrogens (tertiary/aromatic N) is 1. The van der Waals surface area contributed by atoms with Crippen LogP contribution in [0.15, 0.2) is 0 Å². The van der Waals surface area contributed by atoms with Crippen molar-refractivity contribution in [2.24, 2.45) is 5.92 Å². The van der Waals surface area contributed by atoms with Crippen LogP contribution < -0.4 is 0 Å². The smallest absolute Gasteiger partial charge is 0.435 e. The highest BCUT2D eigenvalue weighted by Crippen LogP contribution is 2.20. The fraction of sp³-hybridized carbons (Fsp3) is 0.778. The molecular formula is C9H15NO3. The Bertz CT molecular complexity index is 219. The number of ether oxygens (including phenoxy) is 2. The highest BCUT2D eigenvalue weighted by molar-refractivity contribution is 5.61. The van der Waals surface area contributed by atoms with Crippen molar-refractivity contribution in [3.8, 4) is 6.07 Å². The van der Waals surface area contributed by atoms with Crippen molar-refractivity contribution >= 4 is 6.16 Å². The van der Waals surface area contributed by atoms with Gasteiger partial charge in [-0.3, -0.25) is 0 Å². The van der Waals surface area contributed by atoms with E-state index >= 15 is 0 Å². The van der Waals surface area contributed by atoms with Crippen molar-refractivity contribution in [2.45, 2.75) is 33.3 Å². The molecule has 0 radical (unpaired) electrons. The largest absolute Gasteiger partial charge is 0.509 e. The first-order valence-electron chi connectivity index (χ1n) is 4.23. The van der Waals surface area contributed by atoms with Crippen LogP contribution in [0.1, 0.15) is 27.7 Å². The van der Waals surface area contributed by atoms with Gasteiger partial charge in [0.05, 0.1) is 6.61 Å². The monoisotopic (exact) mass is 185 g/mol. The second-order valence-electron chi connectivity index (χ2n) is 3.16. The molecule has 4 nitrogen and oxygen atoms in total. The minimum atomic E-state index is -1.10. The molecule has 1 atom stereocenters. The zero-order chi connectivity index (χ0) is 10.5. The third-order valence-corrected chi connectivity index (χ3v) is 1.88. The Morgan fingerprint density at radius 2 is 2.15 bits per heavy atom. The fourth-order valence-electron chi connectivity index (χ4n) is 0.590. The van der Waals surface area contributed by atoms with E-state index in [0.717, 1.165) is 0 Å². The average molecular weight is 185 g/mol. The molecule has 1 unspecified atom stereocenters. The Morgan fingerprint density at radius 3 is 2.46 bits per heavy atom. The topological polar surface area (TPSA) is 59.3 Å². The summed E-state index contributed by atoms with van der Waals surface area (Å²) in [7, 11) is 0. The Labute approximate surface area is 78.4 Å². The highest BCUT2D eigenvalue weighted by atomic mass is 16.7. The highest BCUT2D eigenvalue weighted by Gasteiger charge is 2.33. The lowest BCUT2D eigenvalue weighted by Crippen LogP contribution is -2.35. The van der Waals surface area contributed by atoms with Crippen LogP contribution in [0.5, 0.6) is 0 Å². The SMILES string of the molecule is CCOC(=O)OC(C)(C#N)C(C)C. The number of carbonyl (C=O) groups is 1. The first kappa shape index (κ1) is 11.8. The summed E-state index contributed by atoms with van der Waals surface area (Å²) in [6, 6.07) is 1.94. The molecule has 0 aromatic heterocycles. The molecule has 4 heteroatoms. The molecule has 13 heavy (non-hydrogen) atoms. The molecule has 0 N–H and O–H groups in total. The summed E-state index contributed by atoms with van der Waals surface area (Å²) in [4.78, 5) is 10.9. The molecule has 0 saturated heterocycles. The molecule has 0 aromatic carbocycles. The van der Waals surface area contributed by atoms with Gasteiger partial charge in [0, 0.05) is 5.92 Å². The lowest BCUT2D eigenvalue weighted by atomic mass is 9.94. The van der Waals surface area contributed by atoms with Crippen molar-refractivity contribution in [1.82, 2.24) is 0 Å². The van der Waals surface area contributed by atoms with E-state index in [0.29, 0.717) is 0 Å². The summed E-state index contributed by atoms with van der Waals surface area (Å²) in [5, 5.41) is 8.79. The normalized spacial score (nSPS) is 14.5. The average Bonchev–Trinajstić information content (AvgIpc) is 2.04. The molecule has 0 spiro atoms. The standard InChI is InChI=1S/C9H15NO3/c1-5-12-8(11)13-9(4,6-10)7(2)3/h7H,5H2,1-4H3. The van der Waals surface area contributed by atoms with Crippen LogP contribution >= 0.6 is 0 Å². The van der Waals surface area contributed by atoms with E-state index in [2.05, 4.69) is 4.74 Å². The summed E-state index contributed by atoms with van der Waals surface area (Å²) < 4.78 is 9.44. The molecule has 0 fully saturated rings. The van der Waals surface area contributed by atoms with E-state index in [1.54, 1.807) is 13.8 Å². The maximum Gasteiger partial charge on any atom is 0.509 e. The van der Waals surface area contributed by atoms with Crippen molar-refractivity contribution in [2.75, 3.05) is 6.61 Å². The van der Waals surface area contributed by atoms with Crippen LogP contribution in [-0.2, 0) is 9.47 Å². The molecular weight excluding hydrogens is 170 g/mol. The van der Waals surface area contributed by atoms with E-state index in [4.69, 9.17) is 10.00 Å². The van der Waals surface area contributed by atoms with Crippen molar-refractivity contribution in [3.63, 3.8) is 0 Å². The van der Waals surface area contributed by atoms with Crippen LogP contribution in [0.25, 0.3) is 0 Å².